The largest absolute Gasteiger partial charge is 0.465 e. The van der Waals surface area contributed by atoms with Gasteiger partial charge in [-0.15, -0.1) is 0 Å². The number of carbonyl (C=O) groups excluding carboxylic acids is 3. The summed E-state index contributed by atoms with van der Waals surface area (Å²) in [5, 5.41) is 5.26. The van der Waals surface area contributed by atoms with Gasteiger partial charge in [0.05, 0.1) is 19.2 Å². The lowest BCUT2D eigenvalue weighted by atomic mass is 10.1. The summed E-state index contributed by atoms with van der Waals surface area (Å²) in [6, 6.07) is 12.0. The van der Waals surface area contributed by atoms with Crippen LogP contribution in [0.15, 0.2) is 42.5 Å². The van der Waals surface area contributed by atoms with Crippen molar-refractivity contribution in [3.05, 3.63) is 64.7 Å². The van der Waals surface area contributed by atoms with E-state index in [2.05, 4.69) is 15.4 Å². The van der Waals surface area contributed by atoms with Crippen LogP contribution in [0.3, 0.4) is 0 Å². The molecule has 2 amide bonds. The van der Waals surface area contributed by atoms with Crippen LogP contribution < -0.4 is 10.6 Å². The van der Waals surface area contributed by atoms with E-state index in [4.69, 9.17) is 0 Å². The fraction of sp³-hybridized carbons (Fsp3) is 0.211. The fourth-order valence-corrected chi connectivity index (χ4v) is 2.24. The van der Waals surface area contributed by atoms with Crippen LogP contribution in [0.2, 0.25) is 0 Å². The summed E-state index contributed by atoms with van der Waals surface area (Å²) in [5.74, 6) is -1.19. The third kappa shape index (κ3) is 4.91. The van der Waals surface area contributed by atoms with Crippen molar-refractivity contribution < 1.29 is 19.1 Å². The first-order valence-corrected chi connectivity index (χ1v) is 7.74. The summed E-state index contributed by atoms with van der Waals surface area (Å²) in [6.45, 7) is 3.53. The van der Waals surface area contributed by atoms with E-state index in [1.54, 1.807) is 36.4 Å². The molecule has 25 heavy (non-hydrogen) atoms. The first-order valence-electron chi connectivity index (χ1n) is 7.74. The second-order valence-electron chi connectivity index (χ2n) is 5.62. The molecule has 0 saturated heterocycles. The molecule has 0 fully saturated rings. The van der Waals surface area contributed by atoms with Crippen molar-refractivity contribution in [2.75, 3.05) is 19.0 Å². The molecule has 6 nitrogen and oxygen atoms in total. The van der Waals surface area contributed by atoms with E-state index in [1.165, 1.54) is 7.11 Å². The summed E-state index contributed by atoms with van der Waals surface area (Å²) in [7, 11) is 1.29. The Labute approximate surface area is 146 Å². The highest BCUT2D eigenvalue weighted by Crippen LogP contribution is 2.17. The molecule has 2 rings (SSSR count). The Morgan fingerprint density at radius 3 is 2.44 bits per heavy atom. The van der Waals surface area contributed by atoms with E-state index in [0.717, 1.165) is 11.1 Å². The van der Waals surface area contributed by atoms with Crippen molar-refractivity contribution >= 4 is 23.5 Å². The van der Waals surface area contributed by atoms with Crippen molar-refractivity contribution in [1.82, 2.24) is 5.32 Å². The van der Waals surface area contributed by atoms with E-state index in [0.29, 0.717) is 16.8 Å². The number of ether oxygens (including phenoxy) is 1. The normalized spacial score (nSPS) is 10.0. The van der Waals surface area contributed by atoms with Crippen LogP contribution >= 0.6 is 0 Å². The minimum atomic E-state index is -0.483. The minimum absolute atomic E-state index is 0.172. The Kier molecular flexibility index (Phi) is 5.89. The van der Waals surface area contributed by atoms with E-state index in [-0.39, 0.29) is 18.4 Å². The van der Waals surface area contributed by atoms with Crippen LogP contribution in [0, 0.1) is 13.8 Å². The number of hydrogen-bond acceptors (Lipinski definition) is 4. The van der Waals surface area contributed by atoms with Gasteiger partial charge in [-0.1, -0.05) is 23.8 Å². The second-order valence-corrected chi connectivity index (χ2v) is 5.62. The lowest BCUT2D eigenvalue weighted by Crippen LogP contribution is -2.33. The van der Waals surface area contributed by atoms with Gasteiger partial charge >= 0.3 is 5.97 Å². The molecule has 0 atom stereocenters. The Morgan fingerprint density at radius 2 is 1.76 bits per heavy atom. The van der Waals surface area contributed by atoms with E-state index < -0.39 is 5.97 Å². The summed E-state index contributed by atoms with van der Waals surface area (Å²) >= 11 is 0. The van der Waals surface area contributed by atoms with Crippen molar-refractivity contribution in [2.45, 2.75) is 13.8 Å². The standard InChI is InChI=1S/C19H20N2O4/c1-12-5-4-6-14(9-12)18(23)20-11-17(22)21-16-10-15(19(24)25-3)8-7-13(16)2/h4-10H,11H2,1-3H3,(H,20,23)(H,21,22). The molecule has 0 aromatic heterocycles. The number of aryl methyl sites for hydroxylation is 2. The molecule has 0 heterocycles. The van der Waals surface area contributed by atoms with Crippen molar-refractivity contribution in [3.63, 3.8) is 0 Å². The Morgan fingerprint density at radius 1 is 1.00 bits per heavy atom. The van der Waals surface area contributed by atoms with Gasteiger partial charge in [0.2, 0.25) is 5.91 Å². The van der Waals surface area contributed by atoms with Crippen LogP contribution in [-0.2, 0) is 9.53 Å². The monoisotopic (exact) mass is 340 g/mol. The molecule has 0 aliphatic rings. The highest BCUT2D eigenvalue weighted by atomic mass is 16.5. The van der Waals surface area contributed by atoms with Crippen LogP contribution in [0.25, 0.3) is 0 Å². The van der Waals surface area contributed by atoms with Gasteiger partial charge in [-0.2, -0.15) is 0 Å². The van der Waals surface area contributed by atoms with E-state index in [1.807, 2.05) is 19.9 Å². The molecule has 0 aliphatic heterocycles. The zero-order chi connectivity index (χ0) is 18.4. The van der Waals surface area contributed by atoms with Gasteiger partial charge in [-0.3, -0.25) is 9.59 Å². The molecule has 0 aliphatic carbocycles. The number of hydrogen-bond donors (Lipinski definition) is 2. The molecular weight excluding hydrogens is 320 g/mol. The van der Waals surface area contributed by atoms with Gasteiger partial charge < -0.3 is 15.4 Å². The van der Waals surface area contributed by atoms with E-state index >= 15 is 0 Å². The topological polar surface area (TPSA) is 84.5 Å². The molecule has 0 unspecified atom stereocenters. The van der Waals surface area contributed by atoms with Gasteiger partial charge in [0.25, 0.3) is 5.91 Å². The minimum Gasteiger partial charge on any atom is -0.465 e. The van der Waals surface area contributed by atoms with Crippen molar-refractivity contribution in [2.24, 2.45) is 0 Å². The predicted molar refractivity (Wildman–Crippen MR) is 94.7 cm³/mol. The summed E-state index contributed by atoms with van der Waals surface area (Å²) in [6.07, 6.45) is 0. The summed E-state index contributed by atoms with van der Waals surface area (Å²) in [5.41, 5.74) is 3.10. The van der Waals surface area contributed by atoms with Crippen LogP contribution in [0.1, 0.15) is 31.8 Å². The van der Waals surface area contributed by atoms with Crippen LogP contribution in [0.5, 0.6) is 0 Å². The molecule has 0 bridgehead atoms. The Bertz CT molecular complexity index is 815. The van der Waals surface area contributed by atoms with Crippen LogP contribution in [-0.4, -0.2) is 31.4 Å². The molecule has 2 aromatic carbocycles. The lowest BCUT2D eigenvalue weighted by Gasteiger charge is -2.11. The molecular formula is C19H20N2O4. The number of rotatable bonds is 5. The van der Waals surface area contributed by atoms with Crippen molar-refractivity contribution in [1.29, 1.82) is 0 Å². The molecule has 130 valence electrons. The van der Waals surface area contributed by atoms with Crippen LogP contribution in [0.4, 0.5) is 5.69 Å². The third-order valence-corrected chi connectivity index (χ3v) is 3.62. The highest BCUT2D eigenvalue weighted by Gasteiger charge is 2.12. The SMILES string of the molecule is COC(=O)c1ccc(C)c(NC(=O)CNC(=O)c2cccc(C)c2)c1. The fourth-order valence-electron chi connectivity index (χ4n) is 2.24. The Balaban J connectivity index is 1.98. The lowest BCUT2D eigenvalue weighted by molar-refractivity contribution is -0.115. The highest BCUT2D eigenvalue weighted by molar-refractivity contribution is 6.00. The molecule has 0 saturated carbocycles. The molecule has 0 spiro atoms. The number of methoxy groups -OCH3 is 1. The second kappa shape index (κ2) is 8.10. The average Bonchev–Trinajstić information content (AvgIpc) is 2.60. The first-order chi connectivity index (χ1) is 11.9. The first kappa shape index (κ1) is 18.2. The van der Waals surface area contributed by atoms with Gasteiger partial charge in [0.1, 0.15) is 0 Å². The molecule has 0 radical (unpaired) electrons. The summed E-state index contributed by atoms with van der Waals surface area (Å²) < 4.78 is 4.67. The third-order valence-electron chi connectivity index (χ3n) is 3.62. The molecule has 6 heteroatoms. The molecule has 2 aromatic rings. The number of nitrogens with one attached hydrogen (secondary N) is 2. The van der Waals surface area contributed by atoms with Gasteiger partial charge in [-0.05, 0) is 43.7 Å². The maximum Gasteiger partial charge on any atom is 0.337 e. The Hall–Kier alpha value is -3.15. The van der Waals surface area contributed by atoms with E-state index in [9.17, 15) is 14.4 Å². The smallest absolute Gasteiger partial charge is 0.337 e. The quantitative estimate of drug-likeness (QED) is 0.819. The maximum atomic E-state index is 12.1. The zero-order valence-corrected chi connectivity index (χ0v) is 14.4. The molecule has 2 N–H and O–H groups in total. The maximum absolute atomic E-state index is 12.1. The van der Waals surface area contributed by atoms with Crippen molar-refractivity contribution in [3.8, 4) is 0 Å². The number of anilines is 1. The summed E-state index contributed by atoms with van der Waals surface area (Å²) in [4.78, 5) is 35.7. The number of carbonyl (C=O) groups is 3. The zero-order valence-electron chi connectivity index (χ0n) is 14.4. The van der Waals surface area contributed by atoms with Gasteiger partial charge in [0.15, 0.2) is 0 Å². The number of benzene rings is 2. The van der Waals surface area contributed by atoms with Gasteiger partial charge in [-0.25, -0.2) is 4.79 Å². The number of esters is 1. The number of amides is 2. The average molecular weight is 340 g/mol. The predicted octanol–water partition coefficient (Wildman–Crippen LogP) is 2.46. The van der Waals surface area contributed by atoms with Gasteiger partial charge in [0, 0.05) is 11.3 Å².